The summed E-state index contributed by atoms with van der Waals surface area (Å²) in [5.41, 5.74) is 0. The van der Waals surface area contributed by atoms with E-state index in [2.05, 4.69) is 23.0 Å². The fraction of sp³-hybridized carbons (Fsp3) is 0.857. The Kier molecular flexibility index (Phi) is 1.50. The van der Waals surface area contributed by atoms with Gasteiger partial charge in [0.1, 0.15) is 0 Å². The Morgan fingerprint density at radius 2 is 2.22 bits per heavy atom. The molecule has 0 aliphatic carbocycles. The maximum absolute atomic E-state index is 4.28. The second kappa shape index (κ2) is 2.33. The van der Waals surface area contributed by atoms with E-state index in [9.17, 15) is 0 Å². The molecule has 1 saturated heterocycles. The Labute approximate surface area is 59.9 Å². The van der Waals surface area contributed by atoms with E-state index in [0.29, 0.717) is 0 Å². The van der Waals surface area contributed by atoms with Crippen LogP contribution in [0.5, 0.6) is 0 Å². The Hall–Kier alpha value is 0.0200. The van der Waals surface area contributed by atoms with Gasteiger partial charge < -0.3 is 0 Å². The standard InChI is InChI=1S/C7H11NS/c1-2-8-3-7-5-9-4-6(1)7/h2,6-7H,1,3-5H2. The third kappa shape index (κ3) is 1.00. The first kappa shape index (κ1) is 5.78. The third-order valence-corrected chi connectivity index (χ3v) is 3.54. The van der Waals surface area contributed by atoms with Crippen molar-refractivity contribution >= 4 is 18.0 Å². The molecule has 2 aliphatic heterocycles. The van der Waals surface area contributed by atoms with E-state index in [1.165, 1.54) is 17.9 Å². The minimum absolute atomic E-state index is 0.931. The molecular weight excluding hydrogens is 130 g/mol. The largest absolute Gasteiger partial charge is 0.297 e. The molecule has 0 aromatic heterocycles. The number of nitrogens with zero attached hydrogens (tertiary/aromatic N) is 1. The highest BCUT2D eigenvalue weighted by Gasteiger charge is 2.28. The van der Waals surface area contributed by atoms with E-state index >= 15 is 0 Å². The van der Waals surface area contributed by atoms with E-state index in [4.69, 9.17) is 0 Å². The van der Waals surface area contributed by atoms with Crippen LogP contribution in [0, 0.1) is 11.8 Å². The first-order valence-corrected chi connectivity index (χ1v) is 4.68. The molecule has 2 unspecified atom stereocenters. The lowest BCUT2D eigenvalue weighted by Crippen LogP contribution is -2.19. The second-order valence-electron chi connectivity index (χ2n) is 2.84. The number of hydrogen-bond donors (Lipinski definition) is 0. The first-order valence-electron chi connectivity index (χ1n) is 3.53. The van der Waals surface area contributed by atoms with Gasteiger partial charge >= 0.3 is 0 Å². The van der Waals surface area contributed by atoms with E-state index in [-0.39, 0.29) is 0 Å². The lowest BCUT2D eigenvalue weighted by molar-refractivity contribution is 0.429. The predicted molar refractivity (Wildman–Crippen MR) is 42.3 cm³/mol. The van der Waals surface area contributed by atoms with Gasteiger partial charge in [-0.1, -0.05) is 0 Å². The molecule has 50 valence electrons. The van der Waals surface area contributed by atoms with Crippen molar-refractivity contribution in [3.8, 4) is 0 Å². The van der Waals surface area contributed by atoms with E-state index in [1.54, 1.807) is 0 Å². The van der Waals surface area contributed by atoms with Gasteiger partial charge in [-0.15, -0.1) is 0 Å². The van der Waals surface area contributed by atoms with Crippen molar-refractivity contribution in [1.29, 1.82) is 0 Å². The Balaban J connectivity index is 2.07. The molecule has 2 aliphatic rings. The van der Waals surface area contributed by atoms with Gasteiger partial charge in [-0.25, -0.2) is 0 Å². The molecule has 0 spiro atoms. The molecule has 0 radical (unpaired) electrons. The minimum Gasteiger partial charge on any atom is -0.297 e. The highest BCUT2D eigenvalue weighted by atomic mass is 32.2. The quantitative estimate of drug-likeness (QED) is 0.497. The molecule has 1 fully saturated rings. The minimum atomic E-state index is 0.931. The molecule has 0 aromatic carbocycles. The number of aliphatic imine (C=N–C) groups is 1. The van der Waals surface area contributed by atoms with Gasteiger partial charge in [-0.3, -0.25) is 4.99 Å². The number of hydrogen-bond acceptors (Lipinski definition) is 2. The van der Waals surface area contributed by atoms with Gasteiger partial charge in [-0.05, 0) is 36.0 Å². The van der Waals surface area contributed by atoms with Gasteiger partial charge in [-0.2, -0.15) is 11.8 Å². The number of thioether (sulfide) groups is 1. The van der Waals surface area contributed by atoms with Crippen LogP contribution in [-0.2, 0) is 0 Å². The summed E-state index contributed by atoms with van der Waals surface area (Å²) in [5.74, 6) is 4.66. The SMILES string of the molecule is C1=NCC2CSCC2C1. The van der Waals surface area contributed by atoms with E-state index < -0.39 is 0 Å². The molecule has 0 aromatic rings. The summed E-state index contributed by atoms with van der Waals surface area (Å²) in [4.78, 5) is 4.28. The van der Waals surface area contributed by atoms with Crippen molar-refractivity contribution in [2.45, 2.75) is 6.42 Å². The fourth-order valence-corrected chi connectivity index (χ4v) is 3.05. The fourth-order valence-electron chi connectivity index (χ4n) is 1.53. The lowest BCUT2D eigenvalue weighted by atomic mass is 9.92. The normalized spacial score (nSPS) is 40.9. The zero-order valence-corrected chi connectivity index (χ0v) is 6.23. The van der Waals surface area contributed by atoms with E-state index in [0.717, 1.165) is 18.4 Å². The summed E-state index contributed by atoms with van der Waals surface area (Å²) in [7, 11) is 0. The summed E-state index contributed by atoms with van der Waals surface area (Å²) in [6.45, 7) is 1.11. The van der Waals surface area contributed by atoms with Crippen LogP contribution in [0.4, 0.5) is 0 Å². The van der Waals surface area contributed by atoms with E-state index in [1.807, 2.05) is 0 Å². The number of rotatable bonds is 0. The van der Waals surface area contributed by atoms with Crippen LogP contribution in [-0.4, -0.2) is 24.3 Å². The van der Waals surface area contributed by atoms with Crippen molar-refractivity contribution in [2.24, 2.45) is 16.8 Å². The molecule has 0 N–H and O–H groups in total. The molecule has 2 atom stereocenters. The molecule has 0 bridgehead atoms. The first-order chi connectivity index (χ1) is 4.47. The average Bonchev–Trinajstić information content (AvgIpc) is 2.33. The summed E-state index contributed by atoms with van der Waals surface area (Å²) < 4.78 is 0. The maximum Gasteiger partial charge on any atom is 0.0424 e. The molecule has 2 rings (SSSR count). The monoisotopic (exact) mass is 141 g/mol. The van der Waals surface area contributed by atoms with Gasteiger partial charge in [0.15, 0.2) is 0 Å². The van der Waals surface area contributed by atoms with Crippen LogP contribution in [0.1, 0.15) is 6.42 Å². The summed E-state index contributed by atoms with van der Waals surface area (Å²) in [6, 6.07) is 0. The highest BCUT2D eigenvalue weighted by molar-refractivity contribution is 7.99. The number of fused-ring (bicyclic) bond motifs is 1. The van der Waals surface area contributed by atoms with Crippen LogP contribution < -0.4 is 0 Å². The van der Waals surface area contributed by atoms with Crippen LogP contribution in [0.15, 0.2) is 4.99 Å². The van der Waals surface area contributed by atoms with Crippen molar-refractivity contribution in [1.82, 2.24) is 0 Å². The Bertz CT molecular complexity index is 119. The predicted octanol–water partition coefficient (Wildman–Crippen LogP) is 1.44. The maximum atomic E-state index is 4.28. The van der Waals surface area contributed by atoms with Gasteiger partial charge in [0.2, 0.25) is 0 Å². The van der Waals surface area contributed by atoms with Crippen LogP contribution in [0.2, 0.25) is 0 Å². The highest BCUT2D eigenvalue weighted by Crippen LogP contribution is 2.33. The van der Waals surface area contributed by atoms with Gasteiger partial charge in [0, 0.05) is 6.54 Å². The second-order valence-corrected chi connectivity index (χ2v) is 3.92. The Morgan fingerprint density at radius 1 is 1.33 bits per heavy atom. The zero-order chi connectivity index (χ0) is 6.10. The summed E-state index contributed by atoms with van der Waals surface area (Å²) in [5, 5.41) is 0. The van der Waals surface area contributed by atoms with Crippen molar-refractivity contribution in [2.75, 3.05) is 18.1 Å². The van der Waals surface area contributed by atoms with Gasteiger partial charge in [0.25, 0.3) is 0 Å². The topological polar surface area (TPSA) is 12.4 Å². The van der Waals surface area contributed by atoms with Crippen LogP contribution in [0.25, 0.3) is 0 Å². The molecule has 9 heavy (non-hydrogen) atoms. The Morgan fingerprint density at radius 3 is 3.11 bits per heavy atom. The van der Waals surface area contributed by atoms with Crippen LogP contribution >= 0.6 is 11.8 Å². The molecule has 2 heteroatoms. The summed E-state index contributed by atoms with van der Waals surface area (Å²) in [6.07, 6.45) is 3.35. The molecule has 1 nitrogen and oxygen atoms in total. The third-order valence-electron chi connectivity index (χ3n) is 2.21. The van der Waals surface area contributed by atoms with Crippen molar-refractivity contribution in [3.63, 3.8) is 0 Å². The lowest BCUT2D eigenvalue weighted by Gasteiger charge is -2.17. The van der Waals surface area contributed by atoms with Gasteiger partial charge in [0.05, 0.1) is 0 Å². The summed E-state index contributed by atoms with van der Waals surface area (Å²) >= 11 is 2.10. The van der Waals surface area contributed by atoms with Crippen LogP contribution in [0.3, 0.4) is 0 Å². The van der Waals surface area contributed by atoms with Crippen molar-refractivity contribution in [3.05, 3.63) is 0 Å². The molecule has 0 amide bonds. The smallest absolute Gasteiger partial charge is 0.0424 e. The zero-order valence-electron chi connectivity index (χ0n) is 5.42. The average molecular weight is 141 g/mol. The van der Waals surface area contributed by atoms with Crippen molar-refractivity contribution < 1.29 is 0 Å². The molecule has 2 heterocycles. The molecule has 0 saturated carbocycles. The molecular formula is C7H11NS.